The number of anilines is 1. The zero-order valence-electron chi connectivity index (χ0n) is 11.7. The summed E-state index contributed by atoms with van der Waals surface area (Å²) in [6, 6.07) is 8.59. The van der Waals surface area contributed by atoms with E-state index >= 15 is 0 Å². The molecule has 2 aromatic heterocycles. The van der Waals surface area contributed by atoms with Crippen LogP contribution in [0.15, 0.2) is 36.7 Å². The number of hydrogen-bond acceptors (Lipinski definition) is 4. The molecule has 3 rings (SSSR count). The summed E-state index contributed by atoms with van der Waals surface area (Å²) in [7, 11) is 0. The number of nitrogens with one attached hydrogen (secondary N) is 1. The van der Waals surface area contributed by atoms with Crippen LogP contribution in [0.1, 0.15) is 17.0 Å². The molecule has 0 spiro atoms. The Hall–Kier alpha value is -2.43. The number of aromatic nitrogens is 4. The van der Waals surface area contributed by atoms with Crippen LogP contribution >= 0.6 is 0 Å². The predicted molar refractivity (Wildman–Crippen MR) is 78.9 cm³/mol. The second-order valence-electron chi connectivity index (χ2n) is 4.88. The third-order valence-electron chi connectivity index (χ3n) is 3.32. The highest BCUT2D eigenvalue weighted by molar-refractivity contribution is 5.61. The Balaban J connectivity index is 1.69. The molecule has 1 aromatic carbocycles. The topological polar surface area (TPSA) is 55.1 Å². The van der Waals surface area contributed by atoms with Crippen molar-refractivity contribution >= 4 is 11.5 Å². The molecule has 0 amide bonds. The van der Waals surface area contributed by atoms with Gasteiger partial charge in [0.15, 0.2) is 5.82 Å². The molecule has 102 valence electrons. The first-order chi connectivity index (χ1) is 9.74. The fourth-order valence-electron chi connectivity index (χ4n) is 2.15. The van der Waals surface area contributed by atoms with Crippen molar-refractivity contribution in [2.24, 2.45) is 0 Å². The van der Waals surface area contributed by atoms with Crippen LogP contribution in [0, 0.1) is 13.8 Å². The predicted octanol–water partition coefficient (Wildman–Crippen LogP) is 2.40. The first-order valence-corrected chi connectivity index (χ1v) is 6.70. The van der Waals surface area contributed by atoms with Gasteiger partial charge in [0.05, 0.1) is 0 Å². The van der Waals surface area contributed by atoms with Gasteiger partial charge in [-0.2, -0.15) is 0 Å². The largest absolute Gasteiger partial charge is 0.367 e. The third-order valence-corrected chi connectivity index (χ3v) is 3.32. The molecule has 5 heteroatoms. The summed E-state index contributed by atoms with van der Waals surface area (Å²) in [6.07, 6.45) is 4.59. The Morgan fingerprint density at radius 1 is 1.10 bits per heavy atom. The molecule has 0 aliphatic rings. The van der Waals surface area contributed by atoms with E-state index in [4.69, 9.17) is 0 Å². The molecule has 0 atom stereocenters. The highest BCUT2D eigenvalue weighted by Gasteiger charge is 2.06. The lowest BCUT2D eigenvalue weighted by Crippen LogP contribution is -2.08. The molecule has 5 nitrogen and oxygen atoms in total. The van der Waals surface area contributed by atoms with Crippen molar-refractivity contribution in [3.05, 3.63) is 53.6 Å². The van der Waals surface area contributed by atoms with E-state index < -0.39 is 0 Å². The van der Waals surface area contributed by atoms with Crippen molar-refractivity contribution < 1.29 is 0 Å². The smallest absolute Gasteiger partial charge is 0.203 e. The third kappa shape index (κ3) is 2.47. The van der Waals surface area contributed by atoms with E-state index in [0.29, 0.717) is 0 Å². The maximum absolute atomic E-state index is 4.33. The monoisotopic (exact) mass is 267 g/mol. The maximum Gasteiger partial charge on any atom is 0.203 e. The molecule has 3 aromatic rings. The molecule has 0 aliphatic carbocycles. The lowest BCUT2D eigenvalue weighted by Gasteiger charge is -2.06. The summed E-state index contributed by atoms with van der Waals surface area (Å²) >= 11 is 0. The van der Waals surface area contributed by atoms with Crippen molar-refractivity contribution in [1.82, 2.24) is 19.6 Å². The van der Waals surface area contributed by atoms with E-state index in [1.807, 2.05) is 17.5 Å². The number of rotatable bonds is 4. The molecule has 20 heavy (non-hydrogen) atoms. The van der Waals surface area contributed by atoms with Gasteiger partial charge in [0.25, 0.3) is 0 Å². The fraction of sp³-hybridized carbons (Fsp3) is 0.267. The molecule has 0 saturated heterocycles. The molecule has 0 saturated carbocycles. The normalized spacial score (nSPS) is 10.9. The lowest BCUT2D eigenvalue weighted by molar-refractivity contribution is 0.987. The quantitative estimate of drug-likeness (QED) is 0.788. The Kier molecular flexibility index (Phi) is 3.33. The summed E-state index contributed by atoms with van der Waals surface area (Å²) < 4.78 is 1.93. The average molecular weight is 267 g/mol. The minimum atomic E-state index is 0.772. The zero-order chi connectivity index (χ0) is 13.9. The van der Waals surface area contributed by atoms with Crippen LogP contribution in [0.3, 0.4) is 0 Å². The summed E-state index contributed by atoms with van der Waals surface area (Å²) in [4.78, 5) is 4.33. The van der Waals surface area contributed by atoms with E-state index in [1.54, 1.807) is 6.20 Å². The van der Waals surface area contributed by atoms with Crippen molar-refractivity contribution in [2.75, 3.05) is 11.9 Å². The molecule has 0 aliphatic heterocycles. The Morgan fingerprint density at radius 2 is 1.90 bits per heavy atom. The Bertz CT molecular complexity index is 715. The van der Waals surface area contributed by atoms with Crippen LogP contribution in [0.25, 0.3) is 5.65 Å². The van der Waals surface area contributed by atoms with Gasteiger partial charge in [-0.15, -0.1) is 10.2 Å². The minimum absolute atomic E-state index is 0.772. The van der Waals surface area contributed by atoms with Gasteiger partial charge in [0.1, 0.15) is 5.82 Å². The Morgan fingerprint density at radius 3 is 2.70 bits per heavy atom. The number of hydrogen-bond donors (Lipinski definition) is 1. The molecule has 2 heterocycles. The standard InChI is InChI=1S/C15H17N5/c1-11-3-5-13(6-4-11)7-8-16-14-15-19-18-12(2)20(15)10-9-17-14/h3-6,9-10H,7-8H2,1-2H3,(H,16,17). The number of benzene rings is 1. The summed E-state index contributed by atoms with van der Waals surface area (Å²) in [5, 5.41) is 11.5. The second kappa shape index (κ2) is 5.28. The van der Waals surface area contributed by atoms with E-state index in [1.165, 1.54) is 11.1 Å². The van der Waals surface area contributed by atoms with E-state index in [2.05, 4.69) is 51.7 Å². The van der Waals surface area contributed by atoms with Gasteiger partial charge < -0.3 is 5.32 Å². The fourth-order valence-corrected chi connectivity index (χ4v) is 2.15. The van der Waals surface area contributed by atoms with Crippen molar-refractivity contribution in [3.8, 4) is 0 Å². The summed E-state index contributed by atoms with van der Waals surface area (Å²) in [6.45, 7) is 4.85. The molecule has 0 fully saturated rings. The number of aryl methyl sites for hydroxylation is 2. The van der Waals surface area contributed by atoms with Gasteiger partial charge in [0, 0.05) is 18.9 Å². The van der Waals surface area contributed by atoms with E-state index in [-0.39, 0.29) is 0 Å². The molecule has 0 unspecified atom stereocenters. The average Bonchev–Trinajstić information content (AvgIpc) is 2.84. The van der Waals surface area contributed by atoms with Crippen LogP contribution in [0.4, 0.5) is 5.82 Å². The van der Waals surface area contributed by atoms with Gasteiger partial charge in [-0.25, -0.2) is 4.98 Å². The van der Waals surface area contributed by atoms with Gasteiger partial charge in [-0.3, -0.25) is 4.40 Å². The van der Waals surface area contributed by atoms with E-state index in [0.717, 1.165) is 30.3 Å². The zero-order valence-corrected chi connectivity index (χ0v) is 11.7. The first kappa shape index (κ1) is 12.6. The van der Waals surface area contributed by atoms with Crippen molar-refractivity contribution in [1.29, 1.82) is 0 Å². The summed E-state index contributed by atoms with van der Waals surface area (Å²) in [5.41, 5.74) is 3.37. The van der Waals surface area contributed by atoms with Gasteiger partial charge in [0.2, 0.25) is 5.65 Å². The van der Waals surface area contributed by atoms with Gasteiger partial charge in [-0.05, 0) is 25.8 Å². The highest BCUT2D eigenvalue weighted by Crippen LogP contribution is 2.12. The number of fused-ring (bicyclic) bond motifs is 1. The van der Waals surface area contributed by atoms with Crippen molar-refractivity contribution in [3.63, 3.8) is 0 Å². The van der Waals surface area contributed by atoms with Crippen LogP contribution in [0.5, 0.6) is 0 Å². The van der Waals surface area contributed by atoms with E-state index in [9.17, 15) is 0 Å². The lowest BCUT2D eigenvalue weighted by atomic mass is 10.1. The number of nitrogens with zero attached hydrogens (tertiary/aromatic N) is 4. The SMILES string of the molecule is Cc1ccc(CCNc2nccn3c(C)nnc23)cc1. The van der Waals surface area contributed by atoms with Crippen LogP contribution in [-0.2, 0) is 6.42 Å². The first-order valence-electron chi connectivity index (χ1n) is 6.70. The van der Waals surface area contributed by atoms with Gasteiger partial charge in [-0.1, -0.05) is 29.8 Å². The molecule has 1 N–H and O–H groups in total. The van der Waals surface area contributed by atoms with Crippen molar-refractivity contribution in [2.45, 2.75) is 20.3 Å². The van der Waals surface area contributed by atoms with Crippen LogP contribution in [-0.4, -0.2) is 26.1 Å². The molecular formula is C15H17N5. The Labute approximate surface area is 117 Å². The molecular weight excluding hydrogens is 250 g/mol. The second-order valence-corrected chi connectivity index (χ2v) is 4.88. The molecule has 0 bridgehead atoms. The van der Waals surface area contributed by atoms with Crippen LogP contribution in [0.2, 0.25) is 0 Å². The maximum atomic E-state index is 4.33. The highest BCUT2D eigenvalue weighted by atomic mass is 15.3. The van der Waals surface area contributed by atoms with Gasteiger partial charge >= 0.3 is 0 Å². The minimum Gasteiger partial charge on any atom is -0.367 e. The molecule has 0 radical (unpaired) electrons. The van der Waals surface area contributed by atoms with Crippen LogP contribution < -0.4 is 5.32 Å². The summed E-state index contributed by atoms with van der Waals surface area (Å²) in [5.74, 6) is 1.64.